The Bertz CT molecular complexity index is 913. The third-order valence-corrected chi connectivity index (χ3v) is 5.19. The minimum absolute atomic E-state index is 0.165. The maximum Gasteiger partial charge on any atom is 0.257 e. The van der Waals surface area contributed by atoms with Gasteiger partial charge in [0.25, 0.3) is 5.91 Å². The fourth-order valence-electron chi connectivity index (χ4n) is 2.18. The van der Waals surface area contributed by atoms with Gasteiger partial charge in [0.05, 0.1) is 35.3 Å². The molecule has 0 unspecified atom stereocenters. The van der Waals surface area contributed by atoms with Gasteiger partial charge in [0.15, 0.2) is 0 Å². The summed E-state index contributed by atoms with van der Waals surface area (Å²) in [6.45, 7) is 1.89. The smallest absolute Gasteiger partial charge is 0.257 e. The van der Waals surface area contributed by atoms with E-state index >= 15 is 0 Å². The van der Waals surface area contributed by atoms with E-state index in [0.717, 1.165) is 16.1 Å². The van der Waals surface area contributed by atoms with Crippen LogP contribution in [0.2, 0.25) is 5.02 Å². The Morgan fingerprint density at radius 2 is 1.88 bits per heavy atom. The van der Waals surface area contributed by atoms with Crippen LogP contribution in [-0.2, 0) is 10.0 Å². The van der Waals surface area contributed by atoms with Crippen molar-refractivity contribution in [3.63, 3.8) is 0 Å². The van der Waals surface area contributed by atoms with Crippen LogP contribution >= 0.6 is 11.6 Å². The summed E-state index contributed by atoms with van der Waals surface area (Å²) in [5.74, 6) is 0.0529. The van der Waals surface area contributed by atoms with E-state index in [1.165, 1.54) is 32.4 Å². The molecular formula is C17H19ClN2O4S. The van der Waals surface area contributed by atoms with Gasteiger partial charge in [0.1, 0.15) is 5.75 Å². The molecule has 0 spiro atoms. The topological polar surface area (TPSA) is 75.7 Å². The second-order valence-electron chi connectivity index (χ2n) is 5.55. The molecule has 25 heavy (non-hydrogen) atoms. The number of ether oxygens (including phenoxy) is 1. The predicted molar refractivity (Wildman–Crippen MR) is 100 cm³/mol. The summed E-state index contributed by atoms with van der Waals surface area (Å²) in [4.78, 5) is 12.6. The molecule has 2 aromatic rings. The molecule has 0 bridgehead atoms. The maximum atomic E-state index is 12.6. The number of anilines is 2. The summed E-state index contributed by atoms with van der Waals surface area (Å²) in [7, 11) is -0.532. The Kier molecular flexibility index (Phi) is 5.59. The van der Waals surface area contributed by atoms with Gasteiger partial charge in [-0.1, -0.05) is 17.7 Å². The predicted octanol–water partition coefficient (Wildman–Crippen LogP) is 3.31. The summed E-state index contributed by atoms with van der Waals surface area (Å²) < 4.78 is 29.7. The van der Waals surface area contributed by atoms with Gasteiger partial charge in [-0.05, 0) is 42.8 Å². The van der Waals surface area contributed by atoms with Crippen molar-refractivity contribution in [2.75, 3.05) is 30.0 Å². The SMILES string of the molecule is COc1ccc(C)cc1NC(=O)c1cc(N(C)S(C)(=O)=O)ccc1Cl. The van der Waals surface area contributed by atoms with E-state index in [9.17, 15) is 13.2 Å². The highest BCUT2D eigenvalue weighted by Gasteiger charge is 2.18. The fraction of sp³-hybridized carbons (Fsp3) is 0.235. The first kappa shape index (κ1) is 19.1. The normalized spacial score (nSPS) is 11.1. The van der Waals surface area contributed by atoms with Crippen molar-refractivity contribution in [1.82, 2.24) is 0 Å². The molecule has 0 saturated heterocycles. The number of aryl methyl sites for hydroxylation is 1. The van der Waals surface area contributed by atoms with Crippen LogP contribution in [0.1, 0.15) is 15.9 Å². The molecule has 1 N–H and O–H groups in total. The van der Waals surface area contributed by atoms with Crippen LogP contribution in [-0.4, -0.2) is 34.7 Å². The highest BCUT2D eigenvalue weighted by atomic mass is 35.5. The van der Waals surface area contributed by atoms with E-state index in [-0.39, 0.29) is 10.6 Å². The third-order valence-electron chi connectivity index (χ3n) is 3.66. The van der Waals surface area contributed by atoms with Crippen molar-refractivity contribution < 1.29 is 17.9 Å². The number of carbonyl (C=O) groups is 1. The minimum atomic E-state index is -3.45. The first-order chi connectivity index (χ1) is 11.6. The molecule has 1 amide bonds. The third kappa shape index (κ3) is 4.43. The van der Waals surface area contributed by atoms with Gasteiger partial charge < -0.3 is 10.1 Å². The Balaban J connectivity index is 2.38. The Labute approximate surface area is 152 Å². The molecule has 0 aliphatic carbocycles. The molecule has 0 fully saturated rings. The summed E-state index contributed by atoms with van der Waals surface area (Å²) in [5.41, 5.74) is 1.96. The second kappa shape index (κ2) is 7.33. The number of nitrogens with one attached hydrogen (secondary N) is 1. The van der Waals surface area contributed by atoms with E-state index in [2.05, 4.69) is 5.32 Å². The number of halogens is 1. The summed E-state index contributed by atoms with van der Waals surface area (Å²) in [5, 5.41) is 2.97. The van der Waals surface area contributed by atoms with Crippen LogP contribution in [0.15, 0.2) is 36.4 Å². The lowest BCUT2D eigenvalue weighted by Gasteiger charge is -2.18. The molecule has 0 atom stereocenters. The molecular weight excluding hydrogens is 364 g/mol. The summed E-state index contributed by atoms with van der Waals surface area (Å²) in [6.07, 6.45) is 1.08. The van der Waals surface area contributed by atoms with Gasteiger partial charge in [-0.15, -0.1) is 0 Å². The van der Waals surface area contributed by atoms with E-state index in [1.54, 1.807) is 12.1 Å². The van der Waals surface area contributed by atoms with Crippen molar-refractivity contribution in [2.24, 2.45) is 0 Å². The number of sulfonamides is 1. The van der Waals surface area contributed by atoms with E-state index in [4.69, 9.17) is 16.3 Å². The van der Waals surface area contributed by atoms with Crippen LogP contribution in [0.3, 0.4) is 0 Å². The van der Waals surface area contributed by atoms with Crippen LogP contribution in [0.25, 0.3) is 0 Å². The van der Waals surface area contributed by atoms with Crippen molar-refractivity contribution in [3.05, 3.63) is 52.5 Å². The minimum Gasteiger partial charge on any atom is -0.495 e. The van der Waals surface area contributed by atoms with E-state index in [1.807, 2.05) is 13.0 Å². The lowest BCUT2D eigenvalue weighted by atomic mass is 10.1. The number of hydrogen-bond acceptors (Lipinski definition) is 4. The van der Waals surface area contributed by atoms with Crippen LogP contribution in [0.4, 0.5) is 11.4 Å². The first-order valence-electron chi connectivity index (χ1n) is 7.33. The highest BCUT2D eigenvalue weighted by Crippen LogP contribution is 2.28. The number of nitrogens with zero attached hydrogens (tertiary/aromatic N) is 1. The highest BCUT2D eigenvalue weighted by molar-refractivity contribution is 7.92. The second-order valence-corrected chi connectivity index (χ2v) is 7.97. The Morgan fingerprint density at radius 3 is 2.48 bits per heavy atom. The average Bonchev–Trinajstić information content (AvgIpc) is 2.54. The molecule has 2 aromatic carbocycles. The molecule has 134 valence electrons. The zero-order valence-corrected chi connectivity index (χ0v) is 15.9. The van der Waals surface area contributed by atoms with Crippen molar-refractivity contribution in [3.8, 4) is 5.75 Å². The molecule has 0 aliphatic heterocycles. The van der Waals surface area contributed by atoms with Crippen molar-refractivity contribution in [2.45, 2.75) is 6.92 Å². The van der Waals surface area contributed by atoms with Gasteiger partial charge in [-0.2, -0.15) is 0 Å². The largest absolute Gasteiger partial charge is 0.495 e. The molecule has 2 rings (SSSR count). The molecule has 8 heteroatoms. The van der Waals surface area contributed by atoms with Gasteiger partial charge in [-0.3, -0.25) is 9.10 Å². The molecule has 0 heterocycles. The molecule has 0 saturated carbocycles. The lowest BCUT2D eigenvalue weighted by Crippen LogP contribution is -2.25. The van der Waals surface area contributed by atoms with E-state index in [0.29, 0.717) is 17.1 Å². The standard InChI is InChI=1S/C17H19ClN2O4S/c1-11-5-8-16(24-3)15(9-11)19-17(21)13-10-12(6-7-14(13)18)20(2)25(4,22)23/h5-10H,1-4H3,(H,19,21). The molecule has 0 radical (unpaired) electrons. The number of methoxy groups -OCH3 is 1. The molecule has 6 nitrogen and oxygen atoms in total. The van der Waals surface area contributed by atoms with Crippen LogP contribution in [0.5, 0.6) is 5.75 Å². The fourth-order valence-corrected chi connectivity index (χ4v) is 2.88. The summed E-state index contributed by atoms with van der Waals surface area (Å²) in [6, 6.07) is 9.84. The van der Waals surface area contributed by atoms with Crippen molar-refractivity contribution in [1.29, 1.82) is 0 Å². The van der Waals surface area contributed by atoms with Crippen LogP contribution in [0, 0.1) is 6.92 Å². The maximum absolute atomic E-state index is 12.6. The monoisotopic (exact) mass is 382 g/mol. The average molecular weight is 383 g/mol. The number of amides is 1. The van der Waals surface area contributed by atoms with Gasteiger partial charge in [-0.25, -0.2) is 8.42 Å². The first-order valence-corrected chi connectivity index (χ1v) is 9.55. The van der Waals surface area contributed by atoms with Gasteiger partial charge in [0.2, 0.25) is 10.0 Å². The Morgan fingerprint density at radius 1 is 1.20 bits per heavy atom. The van der Waals surface area contributed by atoms with Crippen LogP contribution < -0.4 is 14.4 Å². The lowest BCUT2D eigenvalue weighted by molar-refractivity contribution is 0.102. The van der Waals surface area contributed by atoms with Gasteiger partial charge >= 0.3 is 0 Å². The molecule has 0 aromatic heterocycles. The van der Waals surface area contributed by atoms with E-state index < -0.39 is 15.9 Å². The number of rotatable bonds is 5. The number of hydrogen-bond donors (Lipinski definition) is 1. The van der Waals surface area contributed by atoms with Gasteiger partial charge in [0, 0.05) is 7.05 Å². The quantitative estimate of drug-likeness (QED) is 0.860. The zero-order chi connectivity index (χ0) is 18.8. The van der Waals surface area contributed by atoms with Crippen molar-refractivity contribution >= 4 is 38.9 Å². The number of carbonyl (C=O) groups excluding carboxylic acids is 1. The summed E-state index contributed by atoms with van der Waals surface area (Å²) >= 11 is 6.12. The molecule has 0 aliphatic rings. The Hall–Kier alpha value is -2.25. The zero-order valence-electron chi connectivity index (χ0n) is 14.3. The number of benzene rings is 2.